The normalized spacial score (nSPS) is 11.0. The van der Waals surface area contributed by atoms with Gasteiger partial charge >= 0.3 is 0 Å². The molecule has 0 bridgehead atoms. The van der Waals surface area contributed by atoms with Crippen molar-refractivity contribution in [1.29, 1.82) is 0 Å². The Balaban J connectivity index is 2.28. The number of fused-ring (bicyclic) bond motifs is 1. The van der Waals surface area contributed by atoms with E-state index in [0.29, 0.717) is 11.6 Å². The van der Waals surface area contributed by atoms with Gasteiger partial charge in [-0.3, -0.25) is 4.40 Å². The number of nitrogens with two attached hydrogens (primary N) is 1. The fourth-order valence-corrected chi connectivity index (χ4v) is 3.23. The van der Waals surface area contributed by atoms with E-state index in [2.05, 4.69) is 20.9 Å². The summed E-state index contributed by atoms with van der Waals surface area (Å²) in [6.45, 7) is 0. The molecule has 0 radical (unpaired) electrons. The lowest BCUT2D eigenvalue weighted by Crippen LogP contribution is -1.94. The molecule has 92 valence electrons. The maximum atomic E-state index is 6.14. The highest BCUT2D eigenvalue weighted by atomic mass is 79.9. The van der Waals surface area contributed by atoms with Crippen molar-refractivity contribution >= 4 is 38.7 Å². The van der Waals surface area contributed by atoms with Gasteiger partial charge in [0.25, 0.3) is 0 Å². The minimum absolute atomic E-state index is 0.623. The van der Waals surface area contributed by atoms with Gasteiger partial charge in [-0.25, -0.2) is 4.98 Å². The van der Waals surface area contributed by atoms with Crippen LogP contribution in [0, 0.1) is 0 Å². The first kappa shape index (κ1) is 11.6. The zero-order valence-electron chi connectivity index (χ0n) is 9.55. The molecule has 3 heterocycles. The van der Waals surface area contributed by atoms with Crippen molar-refractivity contribution in [3.63, 3.8) is 0 Å². The van der Waals surface area contributed by atoms with E-state index in [0.717, 1.165) is 20.0 Å². The maximum Gasteiger partial charge on any atom is 0.181 e. The number of hydrogen-bond acceptors (Lipinski definition) is 4. The molecule has 6 heteroatoms. The van der Waals surface area contributed by atoms with Crippen LogP contribution in [0.15, 0.2) is 34.2 Å². The molecule has 4 nitrogen and oxygen atoms in total. The number of pyridine rings is 1. The fraction of sp³-hybridized carbons (Fsp3) is 0.0833. The van der Waals surface area contributed by atoms with Crippen molar-refractivity contribution in [2.24, 2.45) is 0 Å². The topological polar surface area (TPSA) is 52.5 Å². The number of aromatic nitrogens is 2. The summed E-state index contributed by atoms with van der Waals surface area (Å²) in [5.41, 5.74) is 7.66. The summed E-state index contributed by atoms with van der Waals surface area (Å²) in [6.07, 6.45) is 1.88. The molecule has 2 N–H and O–H groups in total. The molecule has 0 fully saturated rings. The van der Waals surface area contributed by atoms with Gasteiger partial charge in [-0.15, -0.1) is 11.3 Å². The Hall–Kier alpha value is -1.53. The number of anilines is 1. The molecule has 0 atom stereocenters. The SMILES string of the molecule is COc1cccn2c(N)c(-c3ccc(Br)s3)nc12. The van der Waals surface area contributed by atoms with Gasteiger partial charge in [0.05, 0.1) is 15.8 Å². The van der Waals surface area contributed by atoms with Crippen LogP contribution in [0.3, 0.4) is 0 Å². The number of rotatable bonds is 2. The average Bonchev–Trinajstić information content (AvgIpc) is 2.94. The van der Waals surface area contributed by atoms with Crippen molar-refractivity contribution in [3.8, 4) is 16.3 Å². The Morgan fingerprint density at radius 2 is 2.22 bits per heavy atom. The zero-order valence-corrected chi connectivity index (χ0v) is 12.0. The summed E-state index contributed by atoms with van der Waals surface area (Å²) >= 11 is 5.05. The highest BCUT2D eigenvalue weighted by molar-refractivity contribution is 9.11. The monoisotopic (exact) mass is 323 g/mol. The molecule has 0 amide bonds. The Morgan fingerprint density at radius 1 is 1.39 bits per heavy atom. The van der Waals surface area contributed by atoms with E-state index in [1.165, 1.54) is 0 Å². The third kappa shape index (κ3) is 1.69. The molecule has 0 aromatic carbocycles. The number of methoxy groups -OCH3 is 1. The second-order valence-corrected chi connectivity index (χ2v) is 6.18. The van der Waals surface area contributed by atoms with E-state index < -0.39 is 0 Å². The maximum absolute atomic E-state index is 6.14. The lowest BCUT2D eigenvalue weighted by molar-refractivity contribution is 0.417. The molecule has 0 aliphatic rings. The summed E-state index contributed by atoms with van der Waals surface area (Å²) in [5, 5.41) is 0. The van der Waals surface area contributed by atoms with Crippen LogP contribution in [0.1, 0.15) is 0 Å². The second-order valence-electron chi connectivity index (χ2n) is 3.72. The first-order valence-corrected chi connectivity index (χ1v) is 6.88. The van der Waals surface area contributed by atoms with Gasteiger partial charge < -0.3 is 10.5 Å². The second kappa shape index (κ2) is 4.29. The fourth-order valence-electron chi connectivity index (χ4n) is 1.84. The van der Waals surface area contributed by atoms with Crippen LogP contribution in [-0.2, 0) is 0 Å². The summed E-state index contributed by atoms with van der Waals surface area (Å²) in [4.78, 5) is 5.60. The summed E-state index contributed by atoms with van der Waals surface area (Å²) < 4.78 is 8.18. The van der Waals surface area contributed by atoms with Gasteiger partial charge in [0, 0.05) is 6.20 Å². The van der Waals surface area contributed by atoms with Crippen LogP contribution < -0.4 is 10.5 Å². The van der Waals surface area contributed by atoms with Gasteiger partial charge in [-0.05, 0) is 40.2 Å². The van der Waals surface area contributed by atoms with Crippen LogP contribution in [0.2, 0.25) is 0 Å². The lowest BCUT2D eigenvalue weighted by atomic mass is 10.3. The first-order valence-electron chi connectivity index (χ1n) is 5.27. The molecule has 0 saturated carbocycles. The van der Waals surface area contributed by atoms with E-state index in [1.807, 2.05) is 34.9 Å². The lowest BCUT2D eigenvalue weighted by Gasteiger charge is -2.01. The molecule has 0 unspecified atom stereocenters. The zero-order chi connectivity index (χ0) is 12.7. The van der Waals surface area contributed by atoms with Crippen LogP contribution in [0.5, 0.6) is 5.75 Å². The Bertz CT molecular complexity index is 719. The van der Waals surface area contributed by atoms with E-state index in [-0.39, 0.29) is 0 Å². The predicted octanol–water partition coefficient (Wildman–Crippen LogP) is 3.42. The van der Waals surface area contributed by atoms with Crippen molar-refractivity contribution in [1.82, 2.24) is 9.38 Å². The third-order valence-corrected chi connectivity index (χ3v) is 4.31. The van der Waals surface area contributed by atoms with Gasteiger partial charge in [0.1, 0.15) is 11.5 Å². The largest absolute Gasteiger partial charge is 0.493 e. The van der Waals surface area contributed by atoms with Crippen molar-refractivity contribution < 1.29 is 4.74 Å². The first-order chi connectivity index (χ1) is 8.70. The summed E-state index contributed by atoms with van der Waals surface area (Å²) in [5.74, 6) is 1.34. The molecule has 0 spiro atoms. The summed E-state index contributed by atoms with van der Waals surface area (Å²) in [7, 11) is 1.63. The third-order valence-electron chi connectivity index (χ3n) is 2.68. The predicted molar refractivity (Wildman–Crippen MR) is 77.2 cm³/mol. The van der Waals surface area contributed by atoms with E-state index in [9.17, 15) is 0 Å². The van der Waals surface area contributed by atoms with Crippen molar-refractivity contribution in [2.75, 3.05) is 12.8 Å². The van der Waals surface area contributed by atoms with E-state index in [1.54, 1.807) is 18.4 Å². The van der Waals surface area contributed by atoms with Gasteiger partial charge in [-0.2, -0.15) is 0 Å². The Morgan fingerprint density at radius 3 is 2.89 bits per heavy atom. The molecule has 3 aromatic heterocycles. The molecule has 0 saturated heterocycles. The molecule has 3 rings (SSSR count). The number of hydrogen-bond donors (Lipinski definition) is 1. The van der Waals surface area contributed by atoms with Gasteiger partial charge in [-0.1, -0.05) is 0 Å². The number of thiophene rings is 1. The molecule has 3 aromatic rings. The van der Waals surface area contributed by atoms with Crippen molar-refractivity contribution in [2.45, 2.75) is 0 Å². The molecular formula is C12H10BrN3OS. The smallest absolute Gasteiger partial charge is 0.181 e. The van der Waals surface area contributed by atoms with Crippen LogP contribution >= 0.6 is 27.3 Å². The van der Waals surface area contributed by atoms with Crippen molar-refractivity contribution in [3.05, 3.63) is 34.2 Å². The Kier molecular flexibility index (Phi) is 2.76. The molecule has 0 aliphatic carbocycles. The average molecular weight is 324 g/mol. The highest BCUT2D eigenvalue weighted by Gasteiger charge is 2.15. The Labute approximate surface area is 116 Å². The summed E-state index contributed by atoms with van der Waals surface area (Å²) in [6, 6.07) is 7.74. The van der Waals surface area contributed by atoms with E-state index in [4.69, 9.17) is 10.5 Å². The standard InChI is InChI=1S/C12H10BrN3OS/c1-17-7-3-2-6-16-11(14)10(15-12(7)16)8-4-5-9(13)18-8/h2-6H,14H2,1H3. The van der Waals surface area contributed by atoms with Gasteiger partial charge in [0.15, 0.2) is 11.4 Å². The number of nitrogens with zero attached hydrogens (tertiary/aromatic N) is 2. The minimum atomic E-state index is 0.623. The number of imidazole rings is 1. The molecule has 0 aliphatic heterocycles. The van der Waals surface area contributed by atoms with Crippen LogP contribution in [0.4, 0.5) is 5.82 Å². The number of halogens is 1. The minimum Gasteiger partial charge on any atom is -0.493 e. The van der Waals surface area contributed by atoms with Crippen LogP contribution in [-0.4, -0.2) is 16.5 Å². The van der Waals surface area contributed by atoms with Crippen LogP contribution in [0.25, 0.3) is 16.2 Å². The number of nitrogen functional groups attached to an aromatic ring is 1. The number of ether oxygens (including phenoxy) is 1. The highest BCUT2D eigenvalue weighted by Crippen LogP contribution is 2.35. The quantitative estimate of drug-likeness (QED) is 0.786. The molecule has 18 heavy (non-hydrogen) atoms. The van der Waals surface area contributed by atoms with Gasteiger partial charge in [0.2, 0.25) is 0 Å². The molecular weight excluding hydrogens is 314 g/mol. The van der Waals surface area contributed by atoms with E-state index >= 15 is 0 Å².